The van der Waals surface area contributed by atoms with E-state index in [0.717, 1.165) is 17.9 Å². The number of nitrogens with one attached hydrogen (secondary N) is 2. The molecule has 1 aromatic rings. The second-order valence-electron chi connectivity index (χ2n) is 4.99. The summed E-state index contributed by atoms with van der Waals surface area (Å²) in [4.78, 5) is 11.4. The smallest absolute Gasteiger partial charge is 0.258 e. The van der Waals surface area contributed by atoms with E-state index in [9.17, 15) is 4.79 Å². The summed E-state index contributed by atoms with van der Waals surface area (Å²) in [5.74, 6) is 0.434. The molecule has 5 nitrogen and oxygen atoms in total. The molecule has 5 heteroatoms. The average molecular weight is 273 g/mol. The standard InChI is InChI=1S/C15H19N3O2/c1-11-2-5-14(20-10-15(19)17-7-6-16)12(8-11)9-18-13-3-4-13/h2,5,8,13,18H,3-4,7,9-10H2,1H3,(H,17,19). The fourth-order valence-electron chi connectivity index (χ4n) is 1.86. The third-order valence-electron chi connectivity index (χ3n) is 3.10. The van der Waals surface area contributed by atoms with Crippen LogP contribution in [0.3, 0.4) is 0 Å². The van der Waals surface area contributed by atoms with Gasteiger partial charge in [0.15, 0.2) is 6.61 Å². The Morgan fingerprint density at radius 1 is 1.50 bits per heavy atom. The molecule has 0 saturated heterocycles. The number of nitriles is 1. The van der Waals surface area contributed by atoms with Crippen molar-refractivity contribution in [1.82, 2.24) is 10.6 Å². The van der Waals surface area contributed by atoms with E-state index in [1.807, 2.05) is 25.1 Å². The molecule has 0 heterocycles. The molecule has 2 rings (SSSR count). The van der Waals surface area contributed by atoms with E-state index in [1.54, 1.807) is 0 Å². The van der Waals surface area contributed by atoms with Gasteiger partial charge in [-0.3, -0.25) is 4.79 Å². The first-order valence-electron chi connectivity index (χ1n) is 6.78. The van der Waals surface area contributed by atoms with Gasteiger partial charge < -0.3 is 15.4 Å². The summed E-state index contributed by atoms with van der Waals surface area (Å²) in [6.45, 7) is 2.72. The van der Waals surface area contributed by atoms with E-state index < -0.39 is 0 Å². The van der Waals surface area contributed by atoms with Crippen molar-refractivity contribution in [2.75, 3.05) is 13.2 Å². The Balaban J connectivity index is 1.91. The van der Waals surface area contributed by atoms with Crippen LogP contribution in [0, 0.1) is 18.3 Å². The number of ether oxygens (including phenoxy) is 1. The molecular formula is C15H19N3O2. The summed E-state index contributed by atoms with van der Waals surface area (Å²) >= 11 is 0. The number of benzene rings is 1. The molecule has 1 aromatic carbocycles. The minimum Gasteiger partial charge on any atom is -0.483 e. The van der Waals surface area contributed by atoms with Crippen molar-refractivity contribution < 1.29 is 9.53 Å². The van der Waals surface area contributed by atoms with E-state index in [0.29, 0.717) is 6.04 Å². The summed E-state index contributed by atoms with van der Waals surface area (Å²) in [5, 5.41) is 14.3. The normalized spacial score (nSPS) is 13.6. The van der Waals surface area contributed by atoms with Crippen LogP contribution in [-0.2, 0) is 11.3 Å². The van der Waals surface area contributed by atoms with Crippen LogP contribution in [0.5, 0.6) is 5.75 Å². The first kappa shape index (κ1) is 14.4. The van der Waals surface area contributed by atoms with Gasteiger partial charge in [0.2, 0.25) is 0 Å². The van der Waals surface area contributed by atoms with Crippen LogP contribution >= 0.6 is 0 Å². The first-order valence-corrected chi connectivity index (χ1v) is 6.78. The summed E-state index contributed by atoms with van der Waals surface area (Å²) < 4.78 is 5.54. The Hall–Kier alpha value is -2.06. The molecule has 0 radical (unpaired) electrons. The minimum absolute atomic E-state index is 0.00613. The van der Waals surface area contributed by atoms with Gasteiger partial charge >= 0.3 is 0 Å². The molecule has 0 aromatic heterocycles. The predicted octanol–water partition coefficient (Wildman–Crippen LogP) is 1.27. The summed E-state index contributed by atoms with van der Waals surface area (Å²) in [6.07, 6.45) is 2.47. The number of aryl methyl sites for hydroxylation is 1. The van der Waals surface area contributed by atoms with Crippen LogP contribution in [0.15, 0.2) is 18.2 Å². The fourth-order valence-corrected chi connectivity index (χ4v) is 1.86. The topological polar surface area (TPSA) is 74.1 Å². The minimum atomic E-state index is -0.284. The molecule has 106 valence electrons. The lowest BCUT2D eigenvalue weighted by molar-refractivity contribution is -0.122. The number of rotatable bonds is 7. The number of hydrogen-bond donors (Lipinski definition) is 2. The van der Waals surface area contributed by atoms with Crippen LogP contribution in [0.25, 0.3) is 0 Å². The van der Waals surface area contributed by atoms with Crippen LogP contribution in [0.2, 0.25) is 0 Å². The van der Waals surface area contributed by atoms with Gasteiger partial charge in [-0.1, -0.05) is 17.7 Å². The predicted molar refractivity (Wildman–Crippen MR) is 75.2 cm³/mol. The van der Waals surface area contributed by atoms with Crippen LogP contribution in [0.1, 0.15) is 24.0 Å². The van der Waals surface area contributed by atoms with Crippen molar-refractivity contribution in [3.05, 3.63) is 29.3 Å². The van der Waals surface area contributed by atoms with E-state index in [2.05, 4.69) is 16.7 Å². The van der Waals surface area contributed by atoms with Gasteiger partial charge in [0, 0.05) is 18.2 Å². The second kappa shape index (κ2) is 6.92. The lowest BCUT2D eigenvalue weighted by Crippen LogP contribution is -2.29. The summed E-state index contributed by atoms with van der Waals surface area (Å²) in [7, 11) is 0. The lowest BCUT2D eigenvalue weighted by Gasteiger charge is -2.12. The number of carbonyl (C=O) groups is 1. The molecule has 1 amide bonds. The molecule has 0 bridgehead atoms. The SMILES string of the molecule is Cc1ccc(OCC(=O)NCC#N)c(CNC2CC2)c1. The van der Waals surface area contributed by atoms with Crippen molar-refractivity contribution in [1.29, 1.82) is 5.26 Å². The van der Waals surface area contributed by atoms with Gasteiger partial charge in [-0.2, -0.15) is 5.26 Å². The van der Waals surface area contributed by atoms with Gasteiger partial charge in [0.25, 0.3) is 5.91 Å². The number of amides is 1. The van der Waals surface area contributed by atoms with E-state index in [-0.39, 0.29) is 19.1 Å². The first-order chi connectivity index (χ1) is 9.69. The van der Waals surface area contributed by atoms with Crippen molar-refractivity contribution in [3.8, 4) is 11.8 Å². The maximum absolute atomic E-state index is 11.4. The van der Waals surface area contributed by atoms with Gasteiger partial charge in [0.1, 0.15) is 12.3 Å². The van der Waals surface area contributed by atoms with Crippen molar-refractivity contribution >= 4 is 5.91 Å². The average Bonchev–Trinajstić information content (AvgIpc) is 3.26. The lowest BCUT2D eigenvalue weighted by atomic mass is 10.1. The maximum Gasteiger partial charge on any atom is 0.258 e. The Kier molecular flexibility index (Phi) is 4.97. The van der Waals surface area contributed by atoms with Gasteiger partial charge in [-0.25, -0.2) is 0 Å². The van der Waals surface area contributed by atoms with E-state index >= 15 is 0 Å². The molecule has 1 saturated carbocycles. The van der Waals surface area contributed by atoms with Crippen LogP contribution in [-0.4, -0.2) is 25.1 Å². The van der Waals surface area contributed by atoms with Gasteiger partial charge in [-0.05, 0) is 25.8 Å². The molecule has 1 fully saturated rings. The fraction of sp³-hybridized carbons (Fsp3) is 0.467. The van der Waals surface area contributed by atoms with Crippen molar-refractivity contribution in [3.63, 3.8) is 0 Å². The maximum atomic E-state index is 11.4. The molecule has 0 aliphatic heterocycles. The Morgan fingerprint density at radius 3 is 3.00 bits per heavy atom. The van der Waals surface area contributed by atoms with E-state index in [1.165, 1.54) is 18.4 Å². The molecule has 0 atom stereocenters. The zero-order valence-electron chi connectivity index (χ0n) is 11.6. The highest BCUT2D eigenvalue weighted by atomic mass is 16.5. The Morgan fingerprint density at radius 2 is 2.30 bits per heavy atom. The third-order valence-corrected chi connectivity index (χ3v) is 3.10. The highest BCUT2D eigenvalue weighted by Crippen LogP contribution is 2.23. The molecule has 0 unspecified atom stereocenters. The molecule has 20 heavy (non-hydrogen) atoms. The Bertz CT molecular complexity index is 518. The quantitative estimate of drug-likeness (QED) is 0.734. The zero-order valence-corrected chi connectivity index (χ0v) is 11.6. The molecule has 1 aliphatic carbocycles. The number of carbonyl (C=O) groups excluding carboxylic acids is 1. The highest BCUT2D eigenvalue weighted by molar-refractivity contribution is 5.77. The highest BCUT2D eigenvalue weighted by Gasteiger charge is 2.20. The Labute approximate surface area is 118 Å². The van der Waals surface area contributed by atoms with Gasteiger partial charge in [-0.15, -0.1) is 0 Å². The van der Waals surface area contributed by atoms with Gasteiger partial charge in [0.05, 0.1) is 6.07 Å². The molecule has 1 aliphatic rings. The summed E-state index contributed by atoms with van der Waals surface area (Å²) in [5.41, 5.74) is 2.23. The second-order valence-corrected chi connectivity index (χ2v) is 4.99. The van der Waals surface area contributed by atoms with Crippen molar-refractivity contribution in [2.45, 2.75) is 32.4 Å². The molecule has 2 N–H and O–H groups in total. The van der Waals surface area contributed by atoms with Crippen LogP contribution in [0.4, 0.5) is 0 Å². The van der Waals surface area contributed by atoms with Crippen molar-refractivity contribution in [2.24, 2.45) is 0 Å². The monoisotopic (exact) mass is 273 g/mol. The van der Waals surface area contributed by atoms with E-state index in [4.69, 9.17) is 10.00 Å². The number of nitrogens with zero attached hydrogens (tertiary/aromatic N) is 1. The number of hydrogen-bond acceptors (Lipinski definition) is 4. The zero-order chi connectivity index (χ0) is 14.4. The third kappa shape index (κ3) is 4.56. The molecular weight excluding hydrogens is 254 g/mol. The van der Waals surface area contributed by atoms with Crippen LogP contribution < -0.4 is 15.4 Å². The molecule has 0 spiro atoms. The summed E-state index contributed by atoms with van der Waals surface area (Å²) in [6, 6.07) is 8.40. The largest absolute Gasteiger partial charge is 0.483 e.